The van der Waals surface area contributed by atoms with Gasteiger partial charge >= 0.3 is 0 Å². The van der Waals surface area contributed by atoms with Gasteiger partial charge in [-0.15, -0.1) is 0 Å². The first-order valence-electron chi connectivity index (χ1n) is 5.94. The van der Waals surface area contributed by atoms with Gasteiger partial charge in [-0.2, -0.15) is 5.26 Å². The molecule has 102 valence electrons. The highest BCUT2D eigenvalue weighted by Crippen LogP contribution is 2.12. The molecule has 1 N–H and O–H groups in total. The lowest BCUT2D eigenvalue weighted by molar-refractivity contribution is 0.101. The summed E-state index contributed by atoms with van der Waals surface area (Å²) in [6, 6.07) is 10.6. The molecule has 0 atom stereocenters. The first-order chi connectivity index (χ1) is 9.72. The van der Waals surface area contributed by atoms with E-state index in [4.69, 9.17) is 14.5 Å². The second kappa shape index (κ2) is 6.50. The number of ether oxygens (including phenoxy) is 1. The van der Waals surface area contributed by atoms with E-state index in [1.165, 1.54) is 13.2 Å². The number of amides is 1. The van der Waals surface area contributed by atoms with Crippen LogP contribution in [0.5, 0.6) is 0 Å². The van der Waals surface area contributed by atoms with Crippen molar-refractivity contribution in [1.82, 2.24) is 5.16 Å². The third-order valence-corrected chi connectivity index (χ3v) is 2.57. The second-order valence-corrected chi connectivity index (χ2v) is 4.10. The van der Waals surface area contributed by atoms with Crippen molar-refractivity contribution in [3.8, 4) is 6.07 Å². The molecule has 1 heterocycles. The van der Waals surface area contributed by atoms with Crippen LogP contribution in [0, 0.1) is 11.3 Å². The van der Waals surface area contributed by atoms with Gasteiger partial charge in [-0.05, 0) is 17.7 Å². The lowest BCUT2D eigenvalue weighted by Gasteiger charge is -2.03. The average molecular weight is 271 g/mol. The van der Waals surface area contributed by atoms with Crippen LogP contribution in [0.2, 0.25) is 0 Å². The van der Waals surface area contributed by atoms with E-state index < -0.39 is 0 Å². The van der Waals surface area contributed by atoms with Crippen molar-refractivity contribution in [2.45, 2.75) is 13.0 Å². The standard InChI is InChI=1S/C14H13N3O3/c1-19-9-12-8-13(17-20-12)14(18)16-11-4-2-10(3-5-11)6-7-15/h2-5,8H,6,9H2,1H3,(H,16,18). The van der Waals surface area contributed by atoms with Gasteiger partial charge in [-0.1, -0.05) is 17.3 Å². The summed E-state index contributed by atoms with van der Waals surface area (Å²) in [7, 11) is 1.53. The monoisotopic (exact) mass is 271 g/mol. The minimum Gasteiger partial charge on any atom is -0.377 e. The van der Waals surface area contributed by atoms with Crippen molar-refractivity contribution in [3.63, 3.8) is 0 Å². The molecule has 0 aliphatic rings. The maximum atomic E-state index is 11.9. The SMILES string of the molecule is COCc1cc(C(=O)Nc2ccc(CC#N)cc2)no1. The van der Waals surface area contributed by atoms with E-state index in [2.05, 4.69) is 16.5 Å². The molecule has 6 nitrogen and oxygen atoms in total. The zero-order chi connectivity index (χ0) is 14.4. The molecule has 0 fully saturated rings. The van der Waals surface area contributed by atoms with E-state index >= 15 is 0 Å². The number of anilines is 1. The molecule has 0 spiro atoms. The van der Waals surface area contributed by atoms with Crippen molar-refractivity contribution in [3.05, 3.63) is 47.3 Å². The number of nitrogens with zero attached hydrogens (tertiary/aromatic N) is 2. The largest absolute Gasteiger partial charge is 0.377 e. The fraction of sp³-hybridized carbons (Fsp3) is 0.214. The molecule has 1 amide bonds. The van der Waals surface area contributed by atoms with Gasteiger partial charge in [0.05, 0.1) is 12.5 Å². The quantitative estimate of drug-likeness (QED) is 0.900. The predicted octanol–water partition coefficient (Wildman–Crippen LogP) is 2.14. The molecule has 2 aromatic rings. The van der Waals surface area contributed by atoms with Crippen molar-refractivity contribution in [1.29, 1.82) is 5.26 Å². The van der Waals surface area contributed by atoms with Gasteiger partial charge in [0.2, 0.25) is 0 Å². The first kappa shape index (κ1) is 13.8. The molecule has 20 heavy (non-hydrogen) atoms. The summed E-state index contributed by atoms with van der Waals surface area (Å²) in [5, 5.41) is 14.9. The Hall–Kier alpha value is -2.65. The number of methoxy groups -OCH3 is 1. The van der Waals surface area contributed by atoms with E-state index in [0.717, 1.165) is 5.56 Å². The summed E-state index contributed by atoms with van der Waals surface area (Å²) in [5.74, 6) is 0.131. The lowest BCUT2D eigenvalue weighted by Crippen LogP contribution is -2.12. The van der Waals surface area contributed by atoms with Gasteiger partial charge in [0.25, 0.3) is 5.91 Å². The van der Waals surface area contributed by atoms with Crippen LogP contribution in [0.4, 0.5) is 5.69 Å². The van der Waals surface area contributed by atoms with E-state index in [1.54, 1.807) is 24.3 Å². The zero-order valence-corrected chi connectivity index (χ0v) is 10.9. The minimum absolute atomic E-state index is 0.193. The molecule has 0 saturated carbocycles. The van der Waals surface area contributed by atoms with Crippen LogP contribution in [-0.2, 0) is 17.8 Å². The highest BCUT2D eigenvalue weighted by molar-refractivity contribution is 6.02. The Morgan fingerprint density at radius 1 is 1.45 bits per heavy atom. The number of aromatic nitrogens is 1. The van der Waals surface area contributed by atoms with Gasteiger partial charge < -0.3 is 14.6 Å². The van der Waals surface area contributed by atoms with Crippen LogP contribution in [0.15, 0.2) is 34.9 Å². The molecule has 0 saturated heterocycles. The van der Waals surface area contributed by atoms with Crippen LogP contribution in [0.1, 0.15) is 21.8 Å². The predicted molar refractivity (Wildman–Crippen MR) is 70.9 cm³/mol. The number of nitrogens with one attached hydrogen (secondary N) is 1. The molecule has 2 rings (SSSR count). The Bertz CT molecular complexity index is 626. The third kappa shape index (κ3) is 3.43. The average Bonchev–Trinajstić information content (AvgIpc) is 2.90. The number of hydrogen-bond donors (Lipinski definition) is 1. The van der Waals surface area contributed by atoms with Gasteiger partial charge in [-0.3, -0.25) is 4.79 Å². The van der Waals surface area contributed by atoms with Gasteiger partial charge in [0.1, 0.15) is 6.61 Å². The van der Waals surface area contributed by atoms with E-state index in [0.29, 0.717) is 17.9 Å². The van der Waals surface area contributed by atoms with Crippen LogP contribution < -0.4 is 5.32 Å². The van der Waals surface area contributed by atoms with Crippen molar-refractivity contribution in [2.75, 3.05) is 12.4 Å². The van der Waals surface area contributed by atoms with Crippen molar-refractivity contribution in [2.24, 2.45) is 0 Å². The summed E-state index contributed by atoms with van der Waals surface area (Å²) < 4.78 is 9.83. The Labute approximate surface area is 115 Å². The highest BCUT2D eigenvalue weighted by atomic mass is 16.5. The Kier molecular flexibility index (Phi) is 4.47. The Morgan fingerprint density at radius 3 is 2.85 bits per heavy atom. The van der Waals surface area contributed by atoms with Crippen molar-refractivity contribution >= 4 is 11.6 Å². The summed E-state index contributed by atoms with van der Waals surface area (Å²) >= 11 is 0. The first-order valence-corrected chi connectivity index (χ1v) is 5.94. The fourth-order valence-corrected chi connectivity index (χ4v) is 1.62. The second-order valence-electron chi connectivity index (χ2n) is 4.10. The van der Waals surface area contributed by atoms with Gasteiger partial charge in [0, 0.05) is 18.9 Å². The van der Waals surface area contributed by atoms with Gasteiger partial charge in [-0.25, -0.2) is 0 Å². The summed E-state index contributed by atoms with van der Waals surface area (Å²) in [4.78, 5) is 11.9. The van der Waals surface area contributed by atoms with Crippen LogP contribution in [0.3, 0.4) is 0 Å². The highest BCUT2D eigenvalue weighted by Gasteiger charge is 2.12. The van der Waals surface area contributed by atoms with Gasteiger partial charge in [0.15, 0.2) is 11.5 Å². The van der Waals surface area contributed by atoms with E-state index in [9.17, 15) is 4.79 Å². The van der Waals surface area contributed by atoms with Crippen LogP contribution >= 0.6 is 0 Å². The summed E-state index contributed by atoms with van der Waals surface area (Å²) in [6.45, 7) is 0.267. The zero-order valence-electron chi connectivity index (χ0n) is 10.9. The third-order valence-electron chi connectivity index (χ3n) is 2.57. The number of nitriles is 1. The van der Waals surface area contributed by atoms with Crippen LogP contribution in [-0.4, -0.2) is 18.2 Å². The number of benzene rings is 1. The summed E-state index contributed by atoms with van der Waals surface area (Å²) in [5.41, 5.74) is 1.72. The smallest absolute Gasteiger partial charge is 0.277 e. The molecule has 0 aliphatic heterocycles. The molecule has 6 heteroatoms. The molecule has 1 aromatic carbocycles. The molecule has 0 bridgehead atoms. The molecule has 0 aliphatic carbocycles. The summed E-state index contributed by atoms with van der Waals surface area (Å²) in [6.07, 6.45) is 0.345. The van der Waals surface area contributed by atoms with Crippen molar-refractivity contribution < 1.29 is 14.1 Å². The van der Waals surface area contributed by atoms with E-state index in [1.807, 2.05) is 0 Å². The topological polar surface area (TPSA) is 88.1 Å². The van der Waals surface area contributed by atoms with Crippen LogP contribution in [0.25, 0.3) is 0 Å². The fourth-order valence-electron chi connectivity index (χ4n) is 1.62. The number of carbonyl (C=O) groups excluding carboxylic acids is 1. The molecule has 0 radical (unpaired) electrons. The minimum atomic E-state index is -0.357. The number of rotatable bonds is 5. The lowest BCUT2D eigenvalue weighted by atomic mass is 10.1. The normalized spacial score (nSPS) is 10.0. The molecular weight excluding hydrogens is 258 g/mol. The number of hydrogen-bond acceptors (Lipinski definition) is 5. The molecule has 1 aromatic heterocycles. The Morgan fingerprint density at radius 2 is 2.20 bits per heavy atom. The van der Waals surface area contributed by atoms with E-state index in [-0.39, 0.29) is 18.2 Å². The maximum absolute atomic E-state index is 11.9. The Balaban J connectivity index is 2.01. The number of carbonyl (C=O) groups is 1. The maximum Gasteiger partial charge on any atom is 0.277 e. The molecule has 0 unspecified atom stereocenters. The molecular formula is C14H13N3O3.